The van der Waals surface area contributed by atoms with E-state index in [-0.39, 0.29) is 0 Å². The zero-order valence-electron chi connectivity index (χ0n) is 9.87. The number of methoxy groups -OCH3 is 1. The number of rotatable bonds is 4. The molecule has 0 fully saturated rings. The summed E-state index contributed by atoms with van der Waals surface area (Å²) in [5, 5.41) is 4.06. The smallest absolute Gasteiger partial charge is 0.137 e. The summed E-state index contributed by atoms with van der Waals surface area (Å²) in [6.45, 7) is 0.614. The summed E-state index contributed by atoms with van der Waals surface area (Å²) < 4.78 is 6.86. The van der Waals surface area contributed by atoms with Crippen molar-refractivity contribution in [1.82, 2.24) is 14.8 Å². The second-order valence-electron chi connectivity index (χ2n) is 3.49. The van der Waals surface area contributed by atoms with Gasteiger partial charge < -0.3 is 4.74 Å². The normalized spacial score (nSPS) is 11.5. The van der Waals surface area contributed by atoms with Crippen molar-refractivity contribution < 1.29 is 4.74 Å². The first-order valence-corrected chi connectivity index (χ1v) is 5.26. The highest BCUT2D eigenvalue weighted by atomic mass is 16.5. The summed E-state index contributed by atoms with van der Waals surface area (Å²) in [5.41, 5.74) is 2.02. The van der Waals surface area contributed by atoms with E-state index in [1.165, 1.54) is 6.33 Å². The number of hydrogen-bond acceptors (Lipinski definition) is 4. The van der Waals surface area contributed by atoms with Gasteiger partial charge in [-0.2, -0.15) is 5.10 Å². The molecule has 0 amide bonds. The molecule has 0 aliphatic carbocycles. The van der Waals surface area contributed by atoms with Crippen molar-refractivity contribution in [1.29, 1.82) is 0 Å². The van der Waals surface area contributed by atoms with Crippen LogP contribution in [0, 0.1) is 0 Å². The largest absolute Gasteiger partial charge is 0.497 e. The third-order valence-electron chi connectivity index (χ3n) is 2.47. The lowest BCUT2D eigenvalue weighted by molar-refractivity contribution is 0.415. The lowest BCUT2D eigenvalue weighted by Gasteiger charge is -2.07. The van der Waals surface area contributed by atoms with Gasteiger partial charge in [0.05, 0.1) is 19.4 Å². The molecule has 0 N–H and O–H groups in total. The second kappa shape index (κ2) is 5.25. The molecule has 5 heteroatoms. The molecule has 17 heavy (non-hydrogen) atoms. The van der Waals surface area contributed by atoms with Crippen molar-refractivity contribution in [2.75, 3.05) is 14.2 Å². The van der Waals surface area contributed by atoms with Gasteiger partial charge in [0, 0.05) is 7.05 Å². The van der Waals surface area contributed by atoms with Gasteiger partial charge >= 0.3 is 0 Å². The quantitative estimate of drug-likeness (QED) is 0.746. The fraction of sp³-hybridized carbons (Fsp3) is 0.250. The van der Waals surface area contributed by atoms with Crippen LogP contribution in [-0.4, -0.2) is 34.6 Å². The van der Waals surface area contributed by atoms with Crippen LogP contribution in [0.25, 0.3) is 0 Å². The molecule has 5 nitrogen and oxygen atoms in total. The van der Waals surface area contributed by atoms with Crippen LogP contribution in [0.1, 0.15) is 5.56 Å². The highest BCUT2D eigenvalue weighted by molar-refractivity contribution is 6.00. The standard InChI is InChI=1S/C12H14N4O/c1-13-12(7-16-9-14-8-15-16)10-3-5-11(17-2)6-4-10/h3-6,8-9H,7H2,1-2H3. The Bertz CT molecular complexity index is 488. The van der Waals surface area contributed by atoms with E-state index in [1.807, 2.05) is 24.3 Å². The monoisotopic (exact) mass is 230 g/mol. The fourth-order valence-corrected chi connectivity index (χ4v) is 1.54. The van der Waals surface area contributed by atoms with Crippen LogP contribution in [0.4, 0.5) is 0 Å². The molecule has 2 rings (SSSR count). The maximum Gasteiger partial charge on any atom is 0.137 e. The molecule has 0 saturated carbocycles. The Hall–Kier alpha value is -2.17. The van der Waals surface area contributed by atoms with Crippen LogP contribution < -0.4 is 4.74 Å². The first-order chi connectivity index (χ1) is 8.33. The Morgan fingerprint density at radius 2 is 2.12 bits per heavy atom. The highest BCUT2D eigenvalue weighted by Gasteiger charge is 2.04. The summed E-state index contributed by atoms with van der Waals surface area (Å²) in [5.74, 6) is 0.838. The first-order valence-electron chi connectivity index (χ1n) is 5.26. The summed E-state index contributed by atoms with van der Waals surface area (Å²) in [6.07, 6.45) is 3.19. The van der Waals surface area contributed by atoms with Crippen molar-refractivity contribution in [2.45, 2.75) is 6.54 Å². The molecular weight excluding hydrogens is 216 g/mol. The molecule has 0 bridgehead atoms. The van der Waals surface area contributed by atoms with Crippen LogP contribution in [0.2, 0.25) is 0 Å². The molecule has 0 atom stereocenters. The summed E-state index contributed by atoms with van der Waals surface area (Å²) in [6, 6.07) is 7.81. The Morgan fingerprint density at radius 1 is 1.35 bits per heavy atom. The van der Waals surface area contributed by atoms with Gasteiger partial charge in [0.1, 0.15) is 18.4 Å². The van der Waals surface area contributed by atoms with Gasteiger partial charge in [-0.1, -0.05) is 0 Å². The van der Waals surface area contributed by atoms with Gasteiger partial charge in [-0.25, -0.2) is 9.67 Å². The maximum absolute atomic E-state index is 5.12. The van der Waals surface area contributed by atoms with Crippen molar-refractivity contribution in [3.8, 4) is 5.75 Å². The number of aliphatic imine (C=N–C) groups is 1. The van der Waals surface area contributed by atoms with Gasteiger partial charge in [-0.05, 0) is 29.8 Å². The van der Waals surface area contributed by atoms with E-state index >= 15 is 0 Å². The highest BCUT2D eigenvalue weighted by Crippen LogP contribution is 2.12. The SMILES string of the molecule is CN=C(Cn1cncn1)c1ccc(OC)cc1. The minimum Gasteiger partial charge on any atom is -0.497 e. The van der Waals surface area contributed by atoms with Gasteiger partial charge in [0.2, 0.25) is 0 Å². The summed E-state index contributed by atoms with van der Waals surface area (Å²) >= 11 is 0. The lowest BCUT2D eigenvalue weighted by Crippen LogP contribution is -2.12. The molecule has 0 aliphatic heterocycles. The van der Waals surface area contributed by atoms with Crippen molar-refractivity contribution >= 4 is 5.71 Å². The molecule has 1 aromatic carbocycles. The molecule has 0 unspecified atom stereocenters. The lowest BCUT2D eigenvalue weighted by atomic mass is 10.1. The van der Waals surface area contributed by atoms with E-state index in [1.54, 1.807) is 25.2 Å². The average Bonchev–Trinajstić information content (AvgIpc) is 2.89. The Labute approximate surface area is 99.8 Å². The van der Waals surface area contributed by atoms with Crippen molar-refractivity contribution in [3.05, 3.63) is 42.5 Å². The zero-order valence-corrected chi connectivity index (χ0v) is 9.87. The number of nitrogens with zero attached hydrogens (tertiary/aromatic N) is 4. The number of hydrogen-bond donors (Lipinski definition) is 0. The van der Waals surface area contributed by atoms with Crippen LogP contribution >= 0.6 is 0 Å². The average molecular weight is 230 g/mol. The number of benzene rings is 1. The fourth-order valence-electron chi connectivity index (χ4n) is 1.54. The molecule has 2 aromatic rings. The molecule has 1 aromatic heterocycles. The van der Waals surface area contributed by atoms with Gasteiger partial charge in [-0.15, -0.1) is 0 Å². The van der Waals surface area contributed by atoms with Crippen LogP contribution in [0.15, 0.2) is 41.9 Å². The zero-order chi connectivity index (χ0) is 12.1. The predicted molar refractivity (Wildman–Crippen MR) is 65.5 cm³/mol. The minimum absolute atomic E-state index is 0.614. The number of ether oxygens (including phenoxy) is 1. The van der Waals surface area contributed by atoms with Gasteiger partial charge in [0.25, 0.3) is 0 Å². The topological polar surface area (TPSA) is 52.3 Å². The van der Waals surface area contributed by atoms with Gasteiger partial charge in [0.15, 0.2) is 0 Å². The van der Waals surface area contributed by atoms with E-state index in [2.05, 4.69) is 15.1 Å². The van der Waals surface area contributed by atoms with E-state index in [0.717, 1.165) is 17.0 Å². The van der Waals surface area contributed by atoms with E-state index in [4.69, 9.17) is 4.74 Å². The maximum atomic E-state index is 5.12. The molecule has 0 saturated heterocycles. The summed E-state index contributed by atoms with van der Waals surface area (Å²) in [4.78, 5) is 8.18. The van der Waals surface area contributed by atoms with Crippen LogP contribution in [0.3, 0.4) is 0 Å². The molecule has 1 heterocycles. The van der Waals surface area contributed by atoms with E-state index in [0.29, 0.717) is 6.54 Å². The Balaban J connectivity index is 2.18. The van der Waals surface area contributed by atoms with Crippen LogP contribution in [0.5, 0.6) is 5.75 Å². The summed E-state index contributed by atoms with van der Waals surface area (Å²) in [7, 11) is 3.43. The van der Waals surface area contributed by atoms with E-state index in [9.17, 15) is 0 Å². The van der Waals surface area contributed by atoms with Crippen molar-refractivity contribution in [3.63, 3.8) is 0 Å². The molecule has 0 radical (unpaired) electrons. The Kier molecular flexibility index (Phi) is 3.49. The molecule has 88 valence electrons. The number of aromatic nitrogens is 3. The van der Waals surface area contributed by atoms with Crippen molar-refractivity contribution in [2.24, 2.45) is 4.99 Å². The minimum atomic E-state index is 0.614. The third-order valence-corrected chi connectivity index (χ3v) is 2.47. The molecule has 0 aliphatic rings. The second-order valence-corrected chi connectivity index (χ2v) is 3.49. The molecular formula is C12H14N4O. The Morgan fingerprint density at radius 3 is 2.65 bits per heavy atom. The first kappa shape index (κ1) is 11.3. The van der Waals surface area contributed by atoms with Gasteiger partial charge in [-0.3, -0.25) is 4.99 Å². The third kappa shape index (κ3) is 2.69. The van der Waals surface area contributed by atoms with E-state index < -0.39 is 0 Å². The predicted octanol–water partition coefficient (Wildman–Crippen LogP) is 1.41. The molecule has 0 spiro atoms. The van der Waals surface area contributed by atoms with Crippen LogP contribution in [-0.2, 0) is 6.54 Å².